The molecule has 0 spiro atoms. The quantitative estimate of drug-likeness (QED) is 0.0924. The molecule has 0 bridgehead atoms. The van der Waals surface area contributed by atoms with Gasteiger partial charge in [-0.1, -0.05) is 122 Å². The first-order valence-electron chi connectivity index (χ1n) is 28.4. The maximum absolute atomic E-state index is 12.5. The highest BCUT2D eigenvalue weighted by Crippen LogP contribution is 2.68. The lowest BCUT2D eigenvalue weighted by Gasteiger charge is -2.58. The summed E-state index contributed by atoms with van der Waals surface area (Å²) < 4.78 is 12.0. The molecular formula is C60H94O6. The van der Waals surface area contributed by atoms with Crippen LogP contribution in [-0.4, -0.2) is 35.7 Å². The Bertz CT molecular complexity index is 1800. The predicted octanol–water partition coefficient (Wildman–Crippen LogP) is 15.2. The normalized spacial score (nSPS) is 41.3. The highest BCUT2D eigenvalue weighted by atomic mass is 16.5. The molecule has 14 unspecified atom stereocenters. The first-order chi connectivity index (χ1) is 31.6. The lowest BCUT2D eigenvalue weighted by Crippen LogP contribution is -2.51. The van der Waals surface area contributed by atoms with Crippen LogP contribution in [-0.2, 0) is 28.7 Å². The Hall–Kier alpha value is -2.24. The maximum Gasteiger partial charge on any atom is 0.306 e. The highest BCUT2D eigenvalue weighted by molar-refractivity contribution is 5.80. The second-order valence-corrected chi connectivity index (χ2v) is 25.4. The molecule has 14 atom stereocenters. The number of rotatable bonds is 15. The molecule has 7 fully saturated rings. The molecule has 9 aliphatic carbocycles. The van der Waals surface area contributed by atoms with E-state index in [4.69, 9.17) is 9.47 Å². The molecule has 0 aromatic carbocycles. The van der Waals surface area contributed by atoms with E-state index < -0.39 is 0 Å². The second-order valence-electron chi connectivity index (χ2n) is 25.4. The molecule has 0 aromatic heterocycles. The van der Waals surface area contributed by atoms with Crippen molar-refractivity contribution in [1.82, 2.24) is 0 Å². The Morgan fingerprint density at radius 3 is 1.45 bits per heavy atom. The van der Waals surface area contributed by atoms with Crippen LogP contribution >= 0.6 is 0 Å². The van der Waals surface area contributed by atoms with Gasteiger partial charge in [0, 0.05) is 37.5 Å². The Balaban J connectivity index is 0.000000180. The number of allylic oxidation sites excluding steroid dienone is 2. The number of fused-ring (bicyclic) bond motifs is 10. The Kier molecular flexibility index (Phi) is 16.0. The van der Waals surface area contributed by atoms with Crippen LogP contribution in [0.5, 0.6) is 0 Å². The zero-order chi connectivity index (χ0) is 46.9. The number of hydrogen-bond acceptors (Lipinski definition) is 6. The third kappa shape index (κ3) is 10.0. The summed E-state index contributed by atoms with van der Waals surface area (Å²) in [4.78, 5) is 49.7. The summed E-state index contributed by atoms with van der Waals surface area (Å²) >= 11 is 0. The number of carbonyl (C=O) groups excluding carboxylic acids is 4. The molecule has 0 radical (unpaired) electrons. The van der Waals surface area contributed by atoms with Crippen LogP contribution < -0.4 is 0 Å². The Labute approximate surface area is 402 Å². The molecule has 6 nitrogen and oxygen atoms in total. The number of hydrogen-bond donors (Lipinski definition) is 0. The number of ketones is 2. The van der Waals surface area contributed by atoms with Gasteiger partial charge >= 0.3 is 11.9 Å². The summed E-state index contributed by atoms with van der Waals surface area (Å²) in [5, 5.41) is 0. The molecule has 0 aliphatic heterocycles. The van der Waals surface area contributed by atoms with Crippen LogP contribution in [0.25, 0.3) is 0 Å². The first-order valence-corrected chi connectivity index (χ1v) is 28.4. The number of carbonyl (C=O) groups is 4. The standard InChI is InChI=1S/C31H50O3.C29H44O3/c1-5-6-7-8-9-10-11-12-29(33)34-24-17-19-30(3)23(21-24)13-14-25-27-16-15-26(22(2)32)31(27,4)20-18-28(25)30;1-19(30)24-11-12-25-23-10-9-21-18-22(32-27(31)13-8-20-6-4-5-7-20)14-16-28(21,2)26(23)15-17-29(24,25)3/h13,24-28H,5-12,14-21H2,1-4H3;9,20,22-26H,4-8,10-18H2,1-3H3. The van der Waals surface area contributed by atoms with Gasteiger partial charge in [0.05, 0.1) is 0 Å². The van der Waals surface area contributed by atoms with Crippen molar-refractivity contribution in [3.63, 3.8) is 0 Å². The lowest BCUT2D eigenvalue weighted by atomic mass is 9.47. The van der Waals surface area contributed by atoms with E-state index in [1.165, 1.54) is 109 Å². The van der Waals surface area contributed by atoms with Crippen molar-refractivity contribution < 1.29 is 28.7 Å². The van der Waals surface area contributed by atoms with E-state index in [-0.39, 0.29) is 57.6 Å². The van der Waals surface area contributed by atoms with Gasteiger partial charge < -0.3 is 9.47 Å². The number of unbranched alkanes of at least 4 members (excludes halogenated alkanes) is 6. The van der Waals surface area contributed by atoms with Gasteiger partial charge in [-0.15, -0.1) is 0 Å². The van der Waals surface area contributed by atoms with Crippen LogP contribution in [0.15, 0.2) is 23.3 Å². The SMILES string of the molecule is CC(=O)C1CCC2C3CC=C4CC(OC(=O)CCC5CCCC5)CCC4(C)C3CCC12C.CCCCCCCCCC(=O)OC1CCC2(C)C(=CCC3C2CCC2(C)C(C(C)=O)CCC32)C1. The van der Waals surface area contributed by atoms with Crippen LogP contribution in [0.3, 0.4) is 0 Å². The van der Waals surface area contributed by atoms with Crippen molar-refractivity contribution in [3.8, 4) is 0 Å². The fourth-order valence-electron chi connectivity index (χ4n) is 18.1. The molecular weight excluding hydrogens is 817 g/mol. The first kappa shape index (κ1) is 50.2. The minimum atomic E-state index is 0.0195. The average Bonchev–Trinajstić information content (AvgIpc) is 4.03. The molecule has 370 valence electrons. The third-order valence-electron chi connectivity index (χ3n) is 21.9. The van der Waals surface area contributed by atoms with Gasteiger partial charge in [-0.2, -0.15) is 0 Å². The van der Waals surface area contributed by atoms with E-state index >= 15 is 0 Å². The van der Waals surface area contributed by atoms with E-state index in [0.717, 1.165) is 100 Å². The van der Waals surface area contributed by atoms with Crippen molar-refractivity contribution >= 4 is 23.5 Å². The number of esters is 2. The summed E-state index contributed by atoms with van der Waals surface area (Å²) in [6, 6.07) is 0. The highest BCUT2D eigenvalue weighted by Gasteiger charge is 2.61. The van der Waals surface area contributed by atoms with Gasteiger partial charge in [0.1, 0.15) is 23.8 Å². The van der Waals surface area contributed by atoms with E-state index in [1.807, 2.05) is 13.8 Å². The summed E-state index contributed by atoms with van der Waals surface area (Å²) in [5.74, 6) is 6.56. The minimum Gasteiger partial charge on any atom is -0.462 e. The zero-order valence-corrected chi connectivity index (χ0v) is 43.2. The van der Waals surface area contributed by atoms with Crippen molar-refractivity contribution in [2.24, 2.45) is 74.9 Å². The van der Waals surface area contributed by atoms with Crippen LogP contribution in [0.1, 0.15) is 241 Å². The summed E-state index contributed by atoms with van der Waals surface area (Å²) in [5.41, 5.74) is 4.12. The largest absolute Gasteiger partial charge is 0.462 e. The predicted molar refractivity (Wildman–Crippen MR) is 265 cm³/mol. The molecule has 0 saturated heterocycles. The minimum absolute atomic E-state index is 0.0195. The average molecular weight is 911 g/mol. The van der Waals surface area contributed by atoms with Crippen molar-refractivity contribution in [3.05, 3.63) is 23.3 Å². The van der Waals surface area contributed by atoms with Gasteiger partial charge in [0.2, 0.25) is 0 Å². The third-order valence-corrected chi connectivity index (χ3v) is 21.9. The Morgan fingerprint density at radius 1 is 0.530 bits per heavy atom. The van der Waals surface area contributed by atoms with E-state index in [2.05, 4.69) is 46.8 Å². The molecule has 7 saturated carbocycles. The summed E-state index contributed by atoms with van der Waals surface area (Å²) in [7, 11) is 0. The van der Waals surface area contributed by atoms with E-state index in [0.29, 0.717) is 36.2 Å². The van der Waals surface area contributed by atoms with Crippen molar-refractivity contribution in [1.29, 1.82) is 0 Å². The van der Waals surface area contributed by atoms with Gasteiger partial charge in [0.15, 0.2) is 0 Å². The van der Waals surface area contributed by atoms with Crippen LogP contribution in [0.4, 0.5) is 0 Å². The molecule has 0 heterocycles. The monoisotopic (exact) mass is 911 g/mol. The fourth-order valence-corrected chi connectivity index (χ4v) is 18.1. The van der Waals surface area contributed by atoms with Gasteiger partial charge in [-0.3, -0.25) is 19.2 Å². The molecule has 9 rings (SSSR count). The molecule has 0 N–H and O–H groups in total. The fraction of sp³-hybridized carbons (Fsp3) is 0.867. The number of Topliss-reactive ketones (excluding diaryl/α,β-unsaturated/α-hetero) is 2. The molecule has 0 aromatic rings. The lowest BCUT2D eigenvalue weighted by molar-refractivity contribution is -0.152. The van der Waals surface area contributed by atoms with Crippen LogP contribution in [0.2, 0.25) is 0 Å². The maximum atomic E-state index is 12.5. The molecule has 0 amide bonds. The number of ether oxygens (including phenoxy) is 2. The molecule has 66 heavy (non-hydrogen) atoms. The van der Waals surface area contributed by atoms with E-state index in [9.17, 15) is 19.2 Å². The summed E-state index contributed by atoms with van der Waals surface area (Å²) in [6.45, 7) is 15.8. The summed E-state index contributed by atoms with van der Waals surface area (Å²) in [6.07, 6.45) is 39.6. The van der Waals surface area contributed by atoms with Gasteiger partial charge in [-0.05, 0) is 180 Å². The van der Waals surface area contributed by atoms with Gasteiger partial charge in [0.25, 0.3) is 0 Å². The smallest absolute Gasteiger partial charge is 0.306 e. The topological polar surface area (TPSA) is 86.7 Å². The van der Waals surface area contributed by atoms with Gasteiger partial charge in [-0.25, -0.2) is 0 Å². The van der Waals surface area contributed by atoms with Crippen molar-refractivity contribution in [2.45, 2.75) is 253 Å². The second kappa shape index (κ2) is 21.0. The molecule has 9 aliphatic rings. The van der Waals surface area contributed by atoms with Crippen LogP contribution in [0, 0.1) is 74.9 Å². The van der Waals surface area contributed by atoms with E-state index in [1.54, 1.807) is 11.1 Å². The van der Waals surface area contributed by atoms with Crippen molar-refractivity contribution in [2.75, 3.05) is 0 Å². The molecule has 6 heteroatoms. The Morgan fingerprint density at radius 2 is 0.985 bits per heavy atom. The zero-order valence-electron chi connectivity index (χ0n) is 43.2.